The SMILES string of the molecule is Cc1ccc(NC(=O)CN(C)C(=O)[C@@H](C)Sc2nnc(C(F)(F)F)n2C)cc1. The zero-order chi connectivity index (χ0) is 21.1. The summed E-state index contributed by atoms with van der Waals surface area (Å²) in [5.74, 6) is -1.93. The molecular formula is C17H20F3N5O2S. The zero-order valence-electron chi connectivity index (χ0n) is 15.7. The number of amides is 2. The van der Waals surface area contributed by atoms with Crippen molar-refractivity contribution >= 4 is 29.3 Å². The van der Waals surface area contributed by atoms with Gasteiger partial charge in [-0.1, -0.05) is 29.5 Å². The van der Waals surface area contributed by atoms with E-state index in [4.69, 9.17) is 0 Å². The Morgan fingerprint density at radius 1 is 1.25 bits per heavy atom. The molecule has 0 unspecified atom stereocenters. The molecule has 152 valence electrons. The van der Waals surface area contributed by atoms with Crippen LogP contribution in [0, 0.1) is 6.92 Å². The number of alkyl halides is 3. The first kappa shape index (κ1) is 21.7. The molecule has 0 saturated carbocycles. The highest BCUT2D eigenvalue weighted by Gasteiger charge is 2.38. The van der Waals surface area contributed by atoms with Gasteiger partial charge in [-0.3, -0.25) is 9.59 Å². The number of halogens is 3. The van der Waals surface area contributed by atoms with Crippen LogP contribution in [-0.4, -0.2) is 50.3 Å². The van der Waals surface area contributed by atoms with Crippen LogP contribution >= 0.6 is 11.8 Å². The van der Waals surface area contributed by atoms with Crippen LogP contribution in [0.25, 0.3) is 0 Å². The van der Waals surface area contributed by atoms with E-state index in [-0.39, 0.29) is 17.6 Å². The Morgan fingerprint density at radius 2 is 1.86 bits per heavy atom. The van der Waals surface area contributed by atoms with Crippen LogP contribution in [0.15, 0.2) is 29.4 Å². The highest BCUT2D eigenvalue weighted by atomic mass is 32.2. The monoisotopic (exact) mass is 415 g/mol. The predicted molar refractivity (Wildman–Crippen MR) is 98.8 cm³/mol. The molecule has 0 aliphatic carbocycles. The van der Waals surface area contributed by atoms with Crippen molar-refractivity contribution in [3.05, 3.63) is 35.7 Å². The first-order chi connectivity index (χ1) is 13.0. The van der Waals surface area contributed by atoms with Crippen LogP contribution in [-0.2, 0) is 22.8 Å². The first-order valence-corrected chi connectivity index (χ1v) is 9.11. The molecule has 1 heterocycles. The largest absolute Gasteiger partial charge is 0.451 e. The molecule has 0 aliphatic rings. The van der Waals surface area contributed by atoms with E-state index in [0.29, 0.717) is 5.69 Å². The summed E-state index contributed by atoms with van der Waals surface area (Å²) >= 11 is 0.843. The van der Waals surface area contributed by atoms with Crippen LogP contribution < -0.4 is 5.32 Å². The molecule has 0 radical (unpaired) electrons. The lowest BCUT2D eigenvalue weighted by molar-refractivity contribution is -0.147. The summed E-state index contributed by atoms with van der Waals surface area (Å²) in [6.45, 7) is 3.26. The number of benzene rings is 1. The average molecular weight is 415 g/mol. The normalized spacial score (nSPS) is 12.5. The minimum Gasteiger partial charge on any atom is -0.335 e. The van der Waals surface area contributed by atoms with E-state index in [0.717, 1.165) is 21.9 Å². The van der Waals surface area contributed by atoms with E-state index in [2.05, 4.69) is 15.5 Å². The Kier molecular flexibility index (Phi) is 6.70. The summed E-state index contributed by atoms with van der Waals surface area (Å²) in [7, 11) is 2.63. The smallest absolute Gasteiger partial charge is 0.335 e. The Balaban J connectivity index is 1.94. The molecule has 11 heteroatoms. The number of likely N-dealkylation sites (N-methyl/N-ethyl adjacent to an activating group) is 1. The number of nitrogens with one attached hydrogen (secondary N) is 1. The number of nitrogens with zero attached hydrogens (tertiary/aromatic N) is 4. The number of thioether (sulfide) groups is 1. The first-order valence-electron chi connectivity index (χ1n) is 8.23. The molecule has 0 aliphatic heterocycles. The third-order valence-corrected chi connectivity index (χ3v) is 4.93. The molecule has 0 spiro atoms. The zero-order valence-corrected chi connectivity index (χ0v) is 16.6. The van der Waals surface area contributed by atoms with Crippen LogP contribution in [0.5, 0.6) is 0 Å². The summed E-state index contributed by atoms with van der Waals surface area (Å²) in [4.78, 5) is 25.7. The van der Waals surface area contributed by atoms with Gasteiger partial charge >= 0.3 is 6.18 Å². The lowest BCUT2D eigenvalue weighted by Crippen LogP contribution is -2.39. The fourth-order valence-electron chi connectivity index (χ4n) is 2.31. The molecule has 0 saturated heterocycles. The third kappa shape index (κ3) is 5.47. The minimum atomic E-state index is -4.63. The summed E-state index contributed by atoms with van der Waals surface area (Å²) in [5.41, 5.74) is 1.66. The lowest BCUT2D eigenvalue weighted by Gasteiger charge is -2.20. The maximum atomic E-state index is 12.8. The van der Waals surface area contributed by atoms with Crippen LogP contribution in [0.1, 0.15) is 18.3 Å². The molecule has 1 aromatic carbocycles. The predicted octanol–water partition coefficient (Wildman–Crippen LogP) is 2.72. The molecule has 1 atom stereocenters. The quantitative estimate of drug-likeness (QED) is 0.734. The molecule has 1 N–H and O–H groups in total. The third-order valence-electron chi connectivity index (χ3n) is 3.81. The number of carbonyl (C=O) groups is 2. The maximum absolute atomic E-state index is 12.8. The van der Waals surface area contributed by atoms with Crippen LogP contribution in [0.3, 0.4) is 0 Å². The number of aryl methyl sites for hydroxylation is 1. The maximum Gasteiger partial charge on any atom is 0.451 e. The van der Waals surface area contributed by atoms with Gasteiger partial charge in [0.15, 0.2) is 5.16 Å². The molecule has 1 aromatic heterocycles. The van der Waals surface area contributed by atoms with Gasteiger partial charge in [-0.05, 0) is 26.0 Å². The Bertz CT molecular complexity index is 851. The van der Waals surface area contributed by atoms with Gasteiger partial charge < -0.3 is 14.8 Å². The van der Waals surface area contributed by atoms with Gasteiger partial charge in [0.2, 0.25) is 17.6 Å². The highest BCUT2D eigenvalue weighted by Crippen LogP contribution is 2.31. The average Bonchev–Trinajstić information content (AvgIpc) is 2.97. The van der Waals surface area contributed by atoms with Crippen molar-refractivity contribution in [2.75, 3.05) is 18.9 Å². The summed E-state index contributed by atoms with van der Waals surface area (Å²) in [5, 5.41) is 8.51. The van der Waals surface area contributed by atoms with E-state index in [1.807, 2.05) is 19.1 Å². The number of hydrogen-bond donors (Lipinski definition) is 1. The number of hydrogen-bond acceptors (Lipinski definition) is 5. The highest BCUT2D eigenvalue weighted by molar-refractivity contribution is 8.00. The number of rotatable bonds is 6. The summed E-state index contributed by atoms with van der Waals surface area (Å²) < 4.78 is 39.1. The number of aromatic nitrogens is 3. The van der Waals surface area contributed by atoms with E-state index in [1.54, 1.807) is 12.1 Å². The van der Waals surface area contributed by atoms with Gasteiger partial charge in [0.1, 0.15) is 0 Å². The Labute approximate surface area is 164 Å². The van der Waals surface area contributed by atoms with Gasteiger partial charge in [-0.25, -0.2) is 0 Å². The van der Waals surface area contributed by atoms with Gasteiger partial charge in [0.05, 0.1) is 11.8 Å². The van der Waals surface area contributed by atoms with Gasteiger partial charge in [-0.15, -0.1) is 10.2 Å². The Hall–Kier alpha value is -2.56. The minimum absolute atomic E-state index is 0.0364. The fraction of sp³-hybridized carbons (Fsp3) is 0.412. The van der Waals surface area contributed by atoms with Crippen molar-refractivity contribution in [3.63, 3.8) is 0 Å². The van der Waals surface area contributed by atoms with Crippen molar-refractivity contribution in [1.29, 1.82) is 0 Å². The topological polar surface area (TPSA) is 80.1 Å². The molecule has 28 heavy (non-hydrogen) atoms. The second-order valence-electron chi connectivity index (χ2n) is 6.23. The van der Waals surface area contributed by atoms with Crippen LogP contribution in [0.4, 0.5) is 18.9 Å². The molecule has 2 aromatic rings. The molecule has 0 fully saturated rings. The van der Waals surface area contributed by atoms with E-state index in [9.17, 15) is 22.8 Å². The van der Waals surface area contributed by atoms with Crippen molar-refractivity contribution in [2.24, 2.45) is 7.05 Å². The molecule has 2 rings (SSSR count). The van der Waals surface area contributed by atoms with E-state index >= 15 is 0 Å². The van der Waals surface area contributed by atoms with Gasteiger partial charge in [0, 0.05) is 19.8 Å². The van der Waals surface area contributed by atoms with Crippen molar-refractivity contribution < 1.29 is 22.8 Å². The molecular weight excluding hydrogens is 395 g/mol. The molecule has 7 nitrogen and oxygen atoms in total. The summed E-state index contributed by atoms with van der Waals surface area (Å²) in [6, 6.07) is 7.19. The second kappa shape index (κ2) is 8.63. The van der Waals surface area contributed by atoms with Crippen LogP contribution in [0.2, 0.25) is 0 Å². The Morgan fingerprint density at radius 3 is 2.39 bits per heavy atom. The molecule has 2 amide bonds. The van der Waals surface area contributed by atoms with Gasteiger partial charge in [0.25, 0.3) is 0 Å². The fourth-order valence-corrected chi connectivity index (χ4v) is 3.24. The molecule has 0 bridgehead atoms. The van der Waals surface area contributed by atoms with Gasteiger partial charge in [-0.2, -0.15) is 13.2 Å². The second-order valence-corrected chi connectivity index (χ2v) is 7.54. The standard InChI is InChI=1S/C17H20F3N5O2S/c1-10-5-7-12(8-6-10)21-13(26)9-24(3)14(27)11(2)28-16-23-22-15(25(16)4)17(18,19)20/h5-8,11H,9H2,1-4H3,(H,21,26)/t11-/m1/s1. The van der Waals surface area contributed by atoms with Crippen molar-refractivity contribution in [3.8, 4) is 0 Å². The van der Waals surface area contributed by atoms with Crippen molar-refractivity contribution in [1.82, 2.24) is 19.7 Å². The summed E-state index contributed by atoms with van der Waals surface area (Å²) in [6.07, 6.45) is -4.63. The van der Waals surface area contributed by atoms with Crippen molar-refractivity contribution in [2.45, 2.75) is 30.4 Å². The lowest BCUT2D eigenvalue weighted by atomic mass is 10.2. The van der Waals surface area contributed by atoms with E-state index < -0.39 is 23.2 Å². The number of anilines is 1. The number of carbonyl (C=O) groups excluding carboxylic acids is 2. The van der Waals surface area contributed by atoms with E-state index in [1.165, 1.54) is 25.9 Å².